The van der Waals surface area contributed by atoms with Crippen LogP contribution in [-0.2, 0) is 0 Å². The lowest BCUT2D eigenvalue weighted by molar-refractivity contribution is 0.275. The first-order valence-electron chi connectivity index (χ1n) is 4.00. The van der Waals surface area contributed by atoms with Crippen LogP contribution >= 0.6 is 22.6 Å². The summed E-state index contributed by atoms with van der Waals surface area (Å²) in [7, 11) is 0. The number of phenolic OH excluding ortho intramolecular Hbond substituents is 1. The van der Waals surface area contributed by atoms with Crippen molar-refractivity contribution in [1.82, 2.24) is 0 Å². The van der Waals surface area contributed by atoms with Crippen molar-refractivity contribution in [1.29, 1.82) is 0 Å². The molecular formula is C9H12INO2. The molecule has 3 nitrogen and oxygen atoms in total. The molecule has 0 aliphatic heterocycles. The summed E-state index contributed by atoms with van der Waals surface area (Å²) < 4.78 is 0.968. The fourth-order valence-electron chi connectivity index (χ4n) is 1.12. The van der Waals surface area contributed by atoms with Gasteiger partial charge in [-0.1, -0.05) is 6.07 Å². The maximum atomic E-state index is 9.52. The molecule has 0 aromatic heterocycles. The minimum absolute atomic E-state index is 0.0343. The van der Waals surface area contributed by atoms with Gasteiger partial charge in [0.1, 0.15) is 5.75 Å². The molecule has 4 N–H and O–H groups in total. The van der Waals surface area contributed by atoms with Crippen molar-refractivity contribution in [3.05, 3.63) is 27.3 Å². The smallest absolute Gasteiger partial charge is 0.121 e. The predicted octanol–water partition coefficient (Wildman–Crippen LogP) is 1.38. The molecule has 1 aromatic rings. The first-order valence-corrected chi connectivity index (χ1v) is 5.08. The molecule has 0 unspecified atom stereocenters. The summed E-state index contributed by atoms with van der Waals surface area (Å²) in [4.78, 5) is 0. The van der Waals surface area contributed by atoms with Gasteiger partial charge in [-0.25, -0.2) is 0 Å². The molecule has 4 heteroatoms. The summed E-state index contributed by atoms with van der Waals surface area (Å²) in [5.41, 5.74) is 6.42. The molecule has 1 atom stereocenters. The zero-order valence-electron chi connectivity index (χ0n) is 7.07. The van der Waals surface area contributed by atoms with Crippen molar-refractivity contribution >= 4 is 22.6 Å². The van der Waals surface area contributed by atoms with Crippen LogP contribution in [0.3, 0.4) is 0 Å². The van der Waals surface area contributed by atoms with Crippen molar-refractivity contribution in [2.24, 2.45) is 5.73 Å². The topological polar surface area (TPSA) is 66.5 Å². The van der Waals surface area contributed by atoms with Crippen LogP contribution in [0, 0.1) is 3.57 Å². The summed E-state index contributed by atoms with van der Waals surface area (Å²) in [6.45, 7) is 0.0343. The number of aliphatic hydroxyl groups excluding tert-OH is 1. The van der Waals surface area contributed by atoms with Gasteiger partial charge in [0.05, 0.1) is 0 Å². The Balaban J connectivity index is 2.88. The molecule has 0 heterocycles. The molecule has 1 aromatic carbocycles. The number of nitrogens with two attached hydrogens (primary N) is 1. The van der Waals surface area contributed by atoms with Crippen molar-refractivity contribution in [3.63, 3.8) is 0 Å². The van der Waals surface area contributed by atoms with Crippen LogP contribution in [-0.4, -0.2) is 16.8 Å². The van der Waals surface area contributed by atoms with Gasteiger partial charge in [-0.2, -0.15) is 0 Å². The number of hydrogen-bond acceptors (Lipinski definition) is 3. The van der Waals surface area contributed by atoms with Gasteiger partial charge in [-0.3, -0.25) is 0 Å². The highest BCUT2D eigenvalue weighted by atomic mass is 127. The molecule has 0 aliphatic rings. The normalized spacial score (nSPS) is 12.8. The maximum Gasteiger partial charge on any atom is 0.121 e. The second kappa shape index (κ2) is 4.78. The van der Waals surface area contributed by atoms with E-state index >= 15 is 0 Å². The first kappa shape index (κ1) is 10.7. The van der Waals surface area contributed by atoms with Gasteiger partial charge in [0.25, 0.3) is 0 Å². The maximum absolute atomic E-state index is 9.52. The number of hydrogen-bond donors (Lipinski definition) is 3. The van der Waals surface area contributed by atoms with E-state index in [2.05, 4.69) is 22.6 Å². The molecule has 0 spiro atoms. The lowest BCUT2D eigenvalue weighted by atomic mass is 10.0. The number of rotatable bonds is 3. The van der Waals surface area contributed by atoms with E-state index in [0.717, 1.165) is 3.57 Å². The average molecular weight is 293 g/mol. The van der Waals surface area contributed by atoms with Gasteiger partial charge >= 0.3 is 0 Å². The zero-order valence-corrected chi connectivity index (χ0v) is 9.23. The summed E-state index contributed by atoms with van der Waals surface area (Å²) in [5, 5.41) is 18.2. The third kappa shape index (κ3) is 2.82. The van der Waals surface area contributed by atoms with Crippen LogP contribution in [0.2, 0.25) is 0 Å². The molecule has 0 fully saturated rings. The molecule has 13 heavy (non-hydrogen) atoms. The standard InChI is InChI=1S/C9H12INO2/c10-6-1-2-7(9(13)5-6)8(11)3-4-12/h1-2,5,8,12-13H,3-4,11H2/t8-/m0/s1. The molecule has 0 bridgehead atoms. The highest BCUT2D eigenvalue weighted by Gasteiger charge is 2.09. The highest BCUT2D eigenvalue weighted by molar-refractivity contribution is 14.1. The van der Waals surface area contributed by atoms with Crippen LogP contribution in [0.5, 0.6) is 5.75 Å². The molecule has 0 radical (unpaired) electrons. The lowest BCUT2D eigenvalue weighted by Crippen LogP contribution is -2.12. The first-order chi connectivity index (χ1) is 6.15. The Morgan fingerprint density at radius 3 is 2.69 bits per heavy atom. The van der Waals surface area contributed by atoms with E-state index in [4.69, 9.17) is 10.8 Å². The Hall–Kier alpha value is -0.330. The van der Waals surface area contributed by atoms with Crippen LogP contribution in [0.25, 0.3) is 0 Å². The van der Waals surface area contributed by atoms with Crippen LogP contribution < -0.4 is 5.73 Å². The summed E-state index contributed by atoms with van der Waals surface area (Å²) in [6.07, 6.45) is 0.466. The monoisotopic (exact) mass is 293 g/mol. The largest absolute Gasteiger partial charge is 0.508 e. The van der Waals surface area contributed by atoms with Crippen LogP contribution in [0.15, 0.2) is 18.2 Å². The predicted molar refractivity (Wildman–Crippen MR) is 59.5 cm³/mol. The van der Waals surface area contributed by atoms with E-state index in [-0.39, 0.29) is 18.4 Å². The number of aliphatic hydroxyl groups is 1. The third-order valence-corrected chi connectivity index (χ3v) is 2.50. The highest BCUT2D eigenvalue weighted by Crippen LogP contribution is 2.26. The molecule has 0 saturated heterocycles. The Labute approximate surface area is 90.7 Å². The Morgan fingerprint density at radius 2 is 2.15 bits per heavy atom. The van der Waals surface area contributed by atoms with Crippen molar-refractivity contribution in [3.8, 4) is 5.75 Å². The van der Waals surface area contributed by atoms with E-state index < -0.39 is 0 Å². The van der Waals surface area contributed by atoms with E-state index in [1.165, 1.54) is 0 Å². The van der Waals surface area contributed by atoms with E-state index in [0.29, 0.717) is 12.0 Å². The lowest BCUT2D eigenvalue weighted by Gasteiger charge is -2.12. The number of aromatic hydroxyl groups is 1. The van der Waals surface area contributed by atoms with Crippen molar-refractivity contribution in [2.45, 2.75) is 12.5 Å². The quantitative estimate of drug-likeness (QED) is 0.738. The molecule has 0 saturated carbocycles. The fraction of sp³-hybridized carbons (Fsp3) is 0.333. The molecule has 72 valence electrons. The molecule has 1 rings (SSSR count). The Bertz CT molecular complexity index is 291. The van der Waals surface area contributed by atoms with Crippen molar-refractivity contribution < 1.29 is 10.2 Å². The van der Waals surface area contributed by atoms with Crippen LogP contribution in [0.4, 0.5) is 0 Å². The minimum Gasteiger partial charge on any atom is -0.508 e. The second-order valence-electron chi connectivity index (χ2n) is 2.82. The van der Waals surface area contributed by atoms with E-state index in [1.54, 1.807) is 12.1 Å². The molecule has 0 amide bonds. The summed E-state index contributed by atoms with van der Waals surface area (Å²) >= 11 is 2.12. The van der Waals surface area contributed by atoms with Crippen molar-refractivity contribution in [2.75, 3.05) is 6.61 Å². The van der Waals surface area contributed by atoms with Gasteiger partial charge in [-0.05, 0) is 41.1 Å². The fourth-order valence-corrected chi connectivity index (χ4v) is 1.60. The van der Waals surface area contributed by atoms with Crippen LogP contribution in [0.1, 0.15) is 18.0 Å². The zero-order chi connectivity index (χ0) is 9.84. The van der Waals surface area contributed by atoms with Gasteiger partial charge in [0, 0.05) is 21.8 Å². The number of halogens is 1. The van der Waals surface area contributed by atoms with E-state index in [1.807, 2.05) is 6.07 Å². The molecule has 0 aliphatic carbocycles. The third-order valence-electron chi connectivity index (χ3n) is 1.83. The second-order valence-corrected chi connectivity index (χ2v) is 4.07. The Morgan fingerprint density at radius 1 is 1.46 bits per heavy atom. The molecular weight excluding hydrogens is 281 g/mol. The SMILES string of the molecule is N[C@@H](CCO)c1ccc(I)cc1O. The van der Waals surface area contributed by atoms with Gasteiger partial charge < -0.3 is 15.9 Å². The van der Waals surface area contributed by atoms with E-state index in [9.17, 15) is 5.11 Å². The number of benzene rings is 1. The summed E-state index contributed by atoms with van der Waals surface area (Å²) in [5.74, 6) is 0.202. The average Bonchev–Trinajstić information content (AvgIpc) is 2.04. The van der Waals surface area contributed by atoms with Gasteiger partial charge in [-0.15, -0.1) is 0 Å². The minimum atomic E-state index is -0.290. The summed E-state index contributed by atoms with van der Waals surface area (Å²) in [6, 6.07) is 5.04. The number of phenols is 1. The van der Waals surface area contributed by atoms with Gasteiger partial charge in [0.2, 0.25) is 0 Å². The Kier molecular flexibility index (Phi) is 3.95. The van der Waals surface area contributed by atoms with Gasteiger partial charge in [0.15, 0.2) is 0 Å².